The first-order valence-electron chi connectivity index (χ1n) is 6.82. The lowest BCUT2D eigenvalue weighted by Crippen LogP contribution is -2.29. The quantitative estimate of drug-likeness (QED) is 0.762. The molecule has 5 heteroatoms. The van der Waals surface area contributed by atoms with Crippen molar-refractivity contribution in [3.8, 4) is 5.75 Å². The van der Waals surface area contributed by atoms with Crippen LogP contribution in [0.2, 0.25) is 0 Å². The van der Waals surface area contributed by atoms with Gasteiger partial charge in [0.05, 0.1) is 24.0 Å². The summed E-state index contributed by atoms with van der Waals surface area (Å²) in [4.78, 5) is 4.46. The number of aromatic nitrogens is 2. The average molecular weight is 299 g/mol. The summed E-state index contributed by atoms with van der Waals surface area (Å²) in [5.41, 5.74) is 1.39. The Morgan fingerprint density at radius 1 is 1.35 bits per heavy atom. The summed E-state index contributed by atoms with van der Waals surface area (Å²) in [5, 5.41) is 0. The van der Waals surface area contributed by atoms with Crippen LogP contribution in [0.25, 0.3) is 11.0 Å². The zero-order valence-electron chi connectivity index (χ0n) is 12.3. The van der Waals surface area contributed by atoms with E-state index in [9.17, 15) is 4.39 Å². The predicted molar refractivity (Wildman–Crippen MR) is 80.0 cm³/mol. The van der Waals surface area contributed by atoms with E-state index in [0.717, 1.165) is 24.2 Å². The Hall–Kier alpha value is -1.29. The average Bonchev–Trinajstić information content (AvgIpc) is 2.83. The van der Waals surface area contributed by atoms with Gasteiger partial charge in [-0.1, -0.05) is 13.8 Å². The van der Waals surface area contributed by atoms with Crippen LogP contribution < -0.4 is 4.74 Å². The molecule has 1 aromatic carbocycles. The number of rotatable bonds is 5. The van der Waals surface area contributed by atoms with E-state index < -0.39 is 5.82 Å². The highest BCUT2D eigenvalue weighted by Crippen LogP contribution is 2.34. The van der Waals surface area contributed by atoms with Crippen molar-refractivity contribution in [1.29, 1.82) is 0 Å². The fraction of sp³-hybridized carbons (Fsp3) is 0.533. The van der Waals surface area contributed by atoms with Crippen LogP contribution in [0, 0.1) is 5.82 Å². The van der Waals surface area contributed by atoms with E-state index >= 15 is 0 Å². The molecule has 0 radical (unpaired) electrons. The maximum absolute atomic E-state index is 13.8. The molecule has 0 saturated heterocycles. The van der Waals surface area contributed by atoms with Crippen LogP contribution in [0.3, 0.4) is 0 Å². The van der Waals surface area contributed by atoms with Crippen molar-refractivity contribution in [1.82, 2.24) is 9.55 Å². The van der Waals surface area contributed by atoms with E-state index in [-0.39, 0.29) is 11.3 Å². The largest absolute Gasteiger partial charge is 0.494 e. The van der Waals surface area contributed by atoms with Crippen LogP contribution in [0.15, 0.2) is 12.1 Å². The molecule has 0 atom stereocenters. The molecule has 3 nitrogen and oxygen atoms in total. The Morgan fingerprint density at radius 2 is 2.00 bits per heavy atom. The topological polar surface area (TPSA) is 27.1 Å². The smallest absolute Gasteiger partial charge is 0.167 e. The number of hydrogen-bond acceptors (Lipinski definition) is 2. The minimum absolute atomic E-state index is 0.0954. The molecule has 0 N–H and O–H groups in total. The Balaban J connectivity index is 2.80. The van der Waals surface area contributed by atoms with E-state index in [1.54, 1.807) is 6.07 Å². The Bertz CT molecular complexity index is 620. The minimum atomic E-state index is -0.402. The maximum atomic E-state index is 13.8. The third-order valence-electron chi connectivity index (χ3n) is 4.18. The number of alkyl halides is 1. The van der Waals surface area contributed by atoms with Crippen LogP contribution >= 0.6 is 11.6 Å². The summed E-state index contributed by atoms with van der Waals surface area (Å²) in [6, 6.07) is 3.11. The van der Waals surface area contributed by atoms with Gasteiger partial charge in [0.1, 0.15) is 5.82 Å². The highest BCUT2D eigenvalue weighted by Gasteiger charge is 2.27. The van der Waals surface area contributed by atoms with Gasteiger partial charge in [0.25, 0.3) is 0 Å². The highest BCUT2D eigenvalue weighted by molar-refractivity contribution is 6.16. The van der Waals surface area contributed by atoms with Gasteiger partial charge in [-0.3, -0.25) is 0 Å². The summed E-state index contributed by atoms with van der Waals surface area (Å²) in [5.74, 6) is 0.893. The van der Waals surface area contributed by atoms with E-state index in [1.165, 1.54) is 13.2 Å². The number of ether oxygens (including phenoxy) is 1. The van der Waals surface area contributed by atoms with Crippen molar-refractivity contribution in [3.05, 3.63) is 23.8 Å². The molecule has 2 rings (SSSR count). The highest BCUT2D eigenvalue weighted by atomic mass is 35.5. The summed E-state index contributed by atoms with van der Waals surface area (Å²) < 4.78 is 21.0. The van der Waals surface area contributed by atoms with E-state index in [1.807, 2.05) is 0 Å². The lowest BCUT2D eigenvalue weighted by Gasteiger charge is -2.31. The second-order valence-electron chi connectivity index (χ2n) is 5.18. The van der Waals surface area contributed by atoms with Crippen molar-refractivity contribution >= 4 is 22.6 Å². The van der Waals surface area contributed by atoms with E-state index in [2.05, 4.69) is 30.3 Å². The predicted octanol–water partition coefficient (Wildman–Crippen LogP) is 4.46. The van der Waals surface area contributed by atoms with Gasteiger partial charge in [0.2, 0.25) is 0 Å². The van der Waals surface area contributed by atoms with Gasteiger partial charge in [-0.2, -0.15) is 0 Å². The van der Waals surface area contributed by atoms with Crippen LogP contribution in [-0.2, 0) is 11.4 Å². The number of fused-ring (bicyclic) bond motifs is 1. The molecular formula is C15H20ClFN2O. The third-order valence-corrected chi connectivity index (χ3v) is 4.42. The van der Waals surface area contributed by atoms with Crippen LogP contribution in [0.5, 0.6) is 5.75 Å². The Kier molecular flexibility index (Phi) is 4.23. The first-order chi connectivity index (χ1) is 9.50. The molecule has 0 saturated carbocycles. The molecule has 0 aliphatic heterocycles. The summed E-state index contributed by atoms with van der Waals surface area (Å²) in [6.45, 7) is 6.43. The molecule has 1 aromatic heterocycles. The molecule has 20 heavy (non-hydrogen) atoms. The SMILES string of the molecule is CCC(C)(CC)n1c(CCl)nc2cc(F)c(OC)cc21. The first-order valence-corrected chi connectivity index (χ1v) is 7.35. The van der Waals surface area contributed by atoms with Crippen molar-refractivity contribution in [2.75, 3.05) is 7.11 Å². The molecule has 0 aliphatic rings. The Morgan fingerprint density at radius 3 is 2.50 bits per heavy atom. The third kappa shape index (κ3) is 2.26. The first kappa shape index (κ1) is 15.1. The van der Waals surface area contributed by atoms with E-state index in [0.29, 0.717) is 11.4 Å². The monoisotopic (exact) mass is 298 g/mol. The zero-order chi connectivity index (χ0) is 14.9. The molecule has 0 spiro atoms. The molecule has 0 amide bonds. The molecule has 0 unspecified atom stereocenters. The molecule has 110 valence electrons. The number of benzene rings is 1. The molecule has 2 aromatic rings. The lowest BCUT2D eigenvalue weighted by molar-refractivity contribution is 0.296. The second kappa shape index (κ2) is 5.60. The second-order valence-corrected chi connectivity index (χ2v) is 5.44. The molecular weight excluding hydrogens is 279 g/mol. The normalized spacial score (nSPS) is 12.1. The maximum Gasteiger partial charge on any atom is 0.167 e. The van der Waals surface area contributed by atoms with Crippen LogP contribution in [-0.4, -0.2) is 16.7 Å². The zero-order valence-corrected chi connectivity index (χ0v) is 13.1. The van der Waals surface area contributed by atoms with Gasteiger partial charge in [0.15, 0.2) is 11.6 Å². The van der Waals surface area contributed by atoms with Crippen molar-refractivity contribution in [2.24, 2.45) is 0 Å². The molecule has 0 bridgehead atoms. The fourth-order valence-corrected chi connectivity index (χ4v) is 2.72. The van der Waals surface area contributed by atoms with Gasteiger partial charge in [-0.15, -0.1) is 11.6 Å². The van der Waals surface area contributed by atoms with Gasteiger partial charge < -0.3 is 9.30 Å². The summed E-state index contributed by atoms with van der Waals surface area (Å²) >= 11 is 6.03. The van der Waals surface area contributed by atoms with Gasteiger partial charge >= 0.3 is 0 Å². The number of imidazole rings is 1. The number of methoxy groups -OCH3 is 1. The van der Waals surface area contributed by atoms with Gasteiger partial charge in [0, 0.05) is 17.7 Å². The van der Waals surface area contributed by atoms with Crippen molar-refractivity contribution in [2.45, 2.75) is 45.0 Å². The van der Waals surface area contributed by atoms with Gasteiger partial charge in [-0.25, -0.2) is 9.37 Å². The summed E-state index contributed by atoms with van der Waals surface area (Å²) in [7, 11) is 1.46. The molecule has 1 heterocycles. The minimum Gasteiger partial charge on any atom is -0.494 e. The van der Waals surface area contributed by atoms with Crippen LogP contribution in [0.1, 0.15) is 39.4 Å². The fourth-order valence-electron chi connectivity index (χ4n) is 2.54. The van der Waals surface area contributed by atoms with Crippen molar-refractivity contribution in [3.63, 3.8) is 0 Å². The van der Waals surface area contributed by atoms with Crippen molar-refractivity contribution < 1.29 is 9.13 Å². The molecule has 0 fully saturated rings. The van der Waals surface area contributed by atoms with Crippen LogP contribution in [0.4, 0.5) is 4.39 Å². The number of hydrogen-bond donors (Lipinski definition) is 0. The molecule has 0 aliphatic carbocycles. The Labute approximate surface area is 123 Å². The number of nitrogens with zero attached hydrogens (tertiary/aromatic N) is 2. The van der Waals surface area contributed by atoms with E-state index in [4.69, 9.17) is 16.3 Å². The lowest BCUT2D eigenvalue weighted by atomic mass is 9.94. The standard InChI is InChI=1S/C15H20ClFN2O/c1-5-15(3,6-2)19-12-8-13(20-4)10(17)7-11(12)18-14(19)9-16/h7-8H,5-6,9H2,1-4H3. The summed E-state index contributed by atoms with van der Waals surface area (Å²) in [6.07, 6.45) is 1.89. The number of halogens is 2. The van der Waals surface area contributed by atoms with Gasteiger partial charge in [-0.05, 0) is 19.8 Å².